The Labute approximate surface area is 139 Å². The monoisotopic (exact) mass is 310 g/mol. The van der Waals surface area contributed by atoms with E-state index in [1.54, 1.807) is 0 Å². The van der Waals surface area contributed by atoms with Gasteiger partial charge in [0.1, 0.15) is 0 Å². The third kappa shape index (κ3) is 11.5. The van der Waals surface area contributed by atoms with E-state index in [1.165, 1.54) is 70.6 Å². The highest BCUT2D eigenvalue weighted by Crippen LogP contribution is 2.21. The van der Waals surface area contributed by atoms with Gasteiger partial charge in [-0.2, -0.15) is 0 Å². The lowest BCUT2D eigenvalue weighted by atomic mass is 9.95. The molecule has 2 unspecified atom stereocenters. The fourth-order valence-corrected chi connectivity index (χ4v) is 3.37. The van der Waals surface area contributed by atoms with Gasteiger partial charge in [0, 0.05) is 13.0 Å². The van der Waals surface area contributed by atoms with Crippen molar-refractivity contribution in [2.45, 2.75) is 115 Å². The van der Waals surface area contributed by atoms with Gasteiger partial charge in [0.15, 0.2) is 0 Å². The van der Waals surface area contributed by atoms with Gasteiger partial charge < -0.3 is 4.74 Å². The van der Waals surface area contributed by atoms with Crippen molar-refractivity contribution in [1.82, 2.24) is 0 Å². The topological polar surface area (TPSA) is 29.1 Å². The molecule has 0 bridgehead atoms. The molecule has 2 atom stereocenters. The van der Waals surface area contributed by atoms with E-state index in [9.17, 15) is 5.11 Å². The summed E-state index contributed by atoms with van der Waals surface area (Å²) in [5, 5.41) is 11.4. The number of rotatable bonds is 14. The van der Waals surface area contributed by atoms with E-state index in [2.05, 4.69) is 6.92 Å². The minimum Gasteiger partial charge on any atom is -0.378 e. The summed E-state index contributed by atoms with van der Waals surface area (Å²) in [4.78, 5) is 0. The maximum atomic E-state index is 11.4. The van der Waals surface area contributed by atoms with E-state index in [4.69, 9.17) is 4.74 Å². The number of unbranched alkanes of at least 4 members (excludes halogenated alkanes) is 11. The average molecular weight is 311 g/mol. The fourth-order valence-electron chi connectivity index (χ4n) is 3.37. The predicted molar refractivity (Wildman–Crippen MR) is 93.4 cm³/mol. The van der Waals surface area contributed by atoms with Gasteiger partial charge >= 0.3 is 0 Å². The van der Waals surface area contributed by atoms with Crippen LogP contribution in [0.1, 0.15) is 103 Å². The molecule has 1 fully saturated rings. The molecule has 2 radical (unpaired) electrons. The van der Waals surface area contributed by atoms with Crippen molar-refractivity contribution in [3.8, 4) is 0 Å². The van der Waals surface area contributed by atoms with Gasteiger partial charge in [-0.3, -0.25) is 0 Å². The van der Waals surface area contributed by atoms with Crippen molar-refractivity contribution < 1.29 is 9.84 Å². The zero-order chi connectivity index (χ0) is 15.9. The van der Waals surface area contributed by atoms with E-state index in [0.29, 0.717) is 0 Å². The second kappa shape index (κ2) is 14.5. The van der Waals surface area contributed by atoms with Crippen LogP contribution in [0.5, 0.6) is 0 Å². The summed E-state index contributed by atoms with van der Waals surface area (Å²) < 4.78 is 5.84. The standard InChI is InChI=1S/C20H38O2/c1-2-3-4-5-6-7-8-9-10-11-12-13-17-22-20-16-14-15-19(21)18-20/h19-20H,1-18H2. The second-order valence-corrected chi connectivity index (χ2v) is 7.02. The van der Waals surface area contributed by atoms with Crippen LogP contribution in [0, 0.1) is 6.92 Å². The second-order valence-electron chi connectivity index (χ2n) is 7.02. The third-order valence-electron chi connectivity index (χ3n) is 4.83. The number of hydrogen-bond donors (Lipinski definition) is 0. The molecule has 0 aliphatic heterocycles. The van der Waals surface area contributed by atoms with Gasteiger partial charge in [0.25, 0.3) is 0 Å². The Hall–Kier alpha value is -0.0800. The zero-order valence-electron chi connectivity index (χ0n) is 14.7. The van der Waals surface area contributed by atoms with Gasteiger partial charge in [0.2, 0.25) is 0 Å². The van der Waals surface area contributed by atoms with Crippen molar-refractivity contribution in [2.75, 3.05) is 6.61 Å². The van der Waals surface area contributed by atoms with E-state index in [-0.39, 0.29) is 12.2 Å². The first kappa shape index (κ1) is 20.0. The van der Waals surface area contributed by atoms with E-state index < -0.39 is 0 Å². The minimum atomic E-state index is -0.364. The van der Waals surface area contributed by atoms with Crippen LogP contribution in [0.15, 0.2) is 0 Å². The summed E-state index contributed by atoms with van der Waals surface area (Å²) in [6, 6.07) is 0. The van der Waals surface area contributed by atoms with Crippen LogP contribution >= 0.6 is 0 Å². The molecule has 0 N–H and O–H groups in total. The lowest BCUT2D eigenvalue weighted by molar-refractivity contribution is -0.0381. The van der Waals surface area contributed by atoms with E-state index in [0.717, 1.165) is 38.7 Å². The molecule has 0 aromatic rings. The molecule has 0 aromatic heterocycles. The van der Waals surface area contributed by atoms with Crippen molar-refractivity contribution >= 4 is 0 Å². The Morgan fingerprint density at radius 2 is 1.32 bits per heavy atom. The van der Waals surface area contributed by atoms with Gasteiger partial charge in [-0.1, -0.05) is 77.6 Å². The summed E-state index contributed by atoms with van der Waals surface area (Å²) in [7, 11) is 0. The first-order valence-corrected chi connectivity index (χ1v) is 9.89. The summed E-state index contributed by atoms with van der Waals surface area (Å²) in [5.41, 5.74) is 0. The normalized spacial score (nSPS) is 22.1. The summed E-state index contributed by atoms with van der Waals surface area (Å²) in [6.07, 6.45) is 19.7. The van der Waals surface area contributed by atoms with Crippen LogP contribution in [-0.2, 0) is 9.84 Å². The zero-order valence-corrected chi connectivity index (χ0v) is 14.7. The molecule has 2 heteroatoms. The highest BCUT2D eigenvalue weighted by atomic mass is 16.5. The maximum absolute atomic E-state index is 11.4. The van der Waals surface area contributed by atoms with Gasteiger partial charge in [-0.05, 0) is 25.7 Å². The molecule has 0 saturated heterocycles. The minimum absolute atomic E-state index is 0.264. The molecule has 0 aromatic carbocycles. The summed E-state index contributed by atoms with van der Waals surface area (Å²) >= 11 is 0. The number of ether oxygens (including phenoxy) is 1. The molecule has 2 nitrogen and oxygen atoms in total. The van der Waals surface area contributed by atoms with Crippen molar-refractivity contribution in [3.63, 3.8) is 0 Å². The largest absolute Gasteiger partial charge is 0.378 e. The molecule has 1 aliphatic rings. The first-order valence-electron chi connectivity index (χ1n) is 9.89. The molecule has 0 heterocycles. The maximum Gasteiger partial charge on any atom is 0.0954 e. The molecule has 22 heavy (non-hydrogen) atoms. The lowest BCUT2D eigenvalue weighted by Gasteiger charge is -2.24. The summed E-state index contributed by atoms with van der Waals surface area (Å²) in [6.45, 7) is 4.75. The highest BCUT2D eigenvalue weighted by molar-refractivity contribution is 4.71. The van der Waals surface area contributed by atoms with Crippen LogP contribution in [0.2, 0.25) is 0 Å². The Bertz CT molecular complexity index is 230. The van der Waals surface area contributed by atoms with Crippen molar-refractivity contribution in [1.29, 1.82) is 0 Å². The summed E-state index contributed by atoms with van der Waals surface area (Å²) in [5.74, 6) is 0. The highest BCUT2D eigenvalue weighted by Gasteiger charge is 2.21. The van der Waals surface area contributed by atoms with Gasteiger partial charge in [0.05, 0.1) is 12.2 Å². The van der Waals surface area contributed by atoms with Crippen molar-refractivity contribution in [2.24, 2.45) is 0 Å². The fraction of sp³-hybridized carbons (Fsp3) is 0.950. The van der Waals surface area contributed by atoms with Gasteiger partial charge in [-0.25, -0.2) is 5.11 Å². The van der Waals surface area contributed by atoms with Crippen LogP contribution in [0.4, 0.5) is 0 Å². The van der Waals surface area contributed by atoms with E-state index in [1.807, 2.05) is 0 Å². The van der Waals surface area contributed by atoms with Crippen LogP contribution in [0.3, 0.4) is 0 Å². The molecular formula is C20H38O2. The van der Waals surface area contributed by atoms with Crippen LogP contribution in [-0.4, -0.2) is 18.8 Å². The number of hydrogen-bond acceptors (Lipinski definition) is 1. The quantitative estimate of drug-likeness (QED) is 0.348. The molecule has 1 rings (SSSR count). The predicted octanol–water partition coefficient (Wildman–Crippen LogP) is 6.26. The van der Waals surface area contributed by atoms with Gasteiger partial charge in [-0.15, -0.1) is 0 Å². The Morgan fingerprint density at radius 3 is 1.86 bits per heavy atom. The molecule has 0 amide bonds. The van der Waals surface area contributed by atoms with E-state index >= 15 is 0 Å². The lowest BCUT2D eigenvalue weighted by Crippen LogP contribution is -2.25. The molecule has 0 spiro atoms. The molecule has 1 aliphatic carbocycles. The SMILES string of the molecule is [CH2]CCCCCCCCCCCCCOC1CCCC([O])C1. The Balaban J connectivity index is 1.73. The molecule has 130 valence electrons. The Morgan fingerprint density at radius 1 is 0.773 bits per heavy atom. The smallest absolute Gasteiger partial charge is 0.0954 e. The molecule has 1 saturated carbocycles. The first-order chi connectivity index (χ1) is 10.8. The molecular weight excluding hydrogens is 272 g/mol. The van der Waals surface area contributed by atoms with Crippen LogP contribution in [0.25, 0.3) is 0 Å². The average Bonchev–Trinajstić information content (AvgIpc) is 2.52. The van der Waals surface area contributed by atoms with Crippen LogP contribution < -0.4 is 0 Å². The Kier molecular flexibility index (Phi) is 13.2. The third-order valence-corrected chi connectivity index (χ3v) is 4.83. The van der Waals surface area contributed by atoms with Crippen molar-refractivity contribution in [3.05, 3.63) is 6.92 Å².